The van der Waals surface area contributed by atoms with Crippen LogP contribution in [0.3, 0.4) is 0 Å². The van der Waals surface area contributed by atoms with Crippen LogP contribution in [0, 0.1) is 0 Å². The number of methoxy groups -OCH3 is 1. The van der Waals surface area contributed by atoms with Crippen molar-refractivity contribution in [2.45, 2.75) is 38.2 Å². The van der Waals surface area contributed by atoms with Crippen molar-refractivity contribution >= 4 is 21.1 Å². The molecule has 0 spiro atoms. The van der Waals surface area contributed by atoms with Crippen molar-refractivity contribution in [1.29, 1.82) is 0 Å². The minimum absolute atomic E-state index is 0.00274. The number of ether oxygens (including phenoxy) is 2. The standard InChI is InChI=1S/C27H37N9O5S/c1-7-21-22-23(31-36(21)27-28-9-10-32(27)4)26(37)33(5)24(30-22)20-15-19(16-29-25(20)41-18(3)17-40-6)42(38,39)35-13-11-34(8-2)12-14-35/h9-10,15-16,18H,7-8,11-14,17H2,1-6H3/t18-/m1/s1. The highest BCUT2D eigenvalue weighted by molar-refractivity contribution is 7.89. The Morgan fingerprint density at radius 1 is 1.07 bits per heavy atom. The molecule has 0 amide bonds. The minimum atomic E-state index is -3.87. The van der Waals surface area contributed by atoms with Crippen LogP contribution in [0.15, 0.2) is 34.3 Å². The van der Waals surface area contributed by atoms with Gasteiger partial charge in [-0.3, -0.25) is 9.36 Å². The summed E-state index contributed by atoms with van der Waals surface area (Å²) in [6, 6.07) is 1.49. The zero-order valence-electron chi connectivity index (χ0n) is 24.8. The fourth-order valence-electron chi connectivity index (χ4n) is 5.15. The number of hydrogen-bond donors (Lipinski definition) is 0. The van der Waals surface area contributed by atoms with E-state index in [1.54, 1.807) is 35.8 Å². The lowest BCUT2D eigenvalue weighted by molar-refractivity contribution is 0.0893. The maximum absolute atomic E-state index is 13.7. The normalized spacial score (nSPS) is 15.9. The highest BCUT2D eigenvalue weighted by Crippen LogP contribution is 2.32. The topological polar surface area (TPSA) is 142 Å². The van der Waals surface area contributed by atoms with Crippen molar-refractivity contribution in [2.24, 2.45) is 14.1 Å². The summed E-state index contributed by atoms with van der Waals surface area (Å²) in [7, 11) is 1.11. The molecular formula is C27H37N9O5S. The van der Waals surface area contributed by atoms with Gasteiger partial charge in [-0.25, -0.2) is 28.1 Å². The van der Waals surface area contributed by atoms with Gasteiger partial charge in [0.05, 0.1) is 24.1 Å². The number of rotatable bonds is 10. The Hall–Kier alpha value is -3.66. The van der Waals surface area contributed by atoms with Crippen molar-refractivity contribution in [1.82, 2.24) is 43.1 Å². The molecule has 1 saturated heterocycles. The van der Waals surface area contributed by atoms with Crippen LogP contribution in [0.1, 0.15) is 26.5 Å². The molecule has 5 rings (SSSR count). The lowest BCUT2D eigenvalue weighted by Crippen LogP contribution is -2.48. The molecule has 0 aromatic carbocycles. The molecule has 1 aliphatic heterocycles. The number of hydrogen-bond acceptors (Lipinski definition) is 10. The van der Waals surface area contributed by atoms with Crippen molar-refractivity contribution in [3.63, 3.8) is 0 Å². The van der Waals surface area contributed by atoms with E-state index in [0.717, 1.165) is 6.54 Å². The molecule has 42 heavy (non-hydrogen) atoms. The zero-order chi connectivity index (χ0) is 30.2. The third kappa shape index (κ3) is 5.32. The molecule has 0 radical (unpaired) electrons. The van der Waals surface area contributed by atoms with Crippen LogP contribution in [-0.4, -0.2) is 104 Å². The van der Waals surface area contributed by atoms with Crippen LogP contribution in [0.5, 0.6) is 5.88 Å². The summed E-state index contributed by atoms with van der Waals surface area (Å²) in [5.74, 6) is 0.899. The van der Waals surface area contributed by atoms with Gasteiger partial charge in [0.1, 0.15) is 22.3 Å². The zero-order valence-corrected chi connectivity index (χ0v) is 25.6. The molecule has 0 bridgehead atoms. The minimum Gasteiger partial charge on any atom is -0.472 e. The summed E-state index contributed by atoms with van der Waals surface area (Å²) in [6.07, 6.45) is 4.87. The van der Waals surface area contributed by atoms with Gasteiger partial charge in [0.2, 0.25) is 21.9 Å². The van der Waals surface area contributed by atoms with Gasteiger partial charge >= 0.3 is 0 Å². The molecule has 0 N–H and O–H groups in total. The first kappa shape index (κ1) is 29.8. The summed E-state index contributed by atoms with van der Waals surface area (Å²) in [4.78, 5) is 29.6. The second kappa shape index (κ2) is 11.9. The Bertz CT molecular complexity index is 1750. The van der Waals surface area contributed by atoms with Crippen molar-refractivity contribution in [3.05, 3.63) is 40.7 Å². The number of likely N-dealkylation sites (N-methyl/N-ethyl adjacent to an activating group) is 1. The molecule has 4 aromatic heterocycles. The van der Waals surface area contributed by atoms with E-state index in [1.165, 1.54) is 21.1 Å². The molecule has 1 fully saturated rings. The van der Waals surface area contributed by atoms with Crippen LogP contribution in [0.25, 0.3) is 28.4 Å². The third-order valence-electron chi connectivity index (χ3n) is 7.51. The Morgan fingerprint density at radius 2 is 1.81 bits per heavy atom. The van der Waals surface area contributed by atoms with E-state index in [0.29, 0.717) is 49.8 Å². The molecule has 0 unspecified atom stereocenters. The molecular weight excluding hydrogens is 562 g/mol. The average Bonchev–Trinajstić information content (AvgIpc) is 3.57. The summed E-state index contributed by atoms with van der Waals surface area (Å²) in [5, 5.41) is 4.58. The lowest BCUT2D eigenvalue weighted by Gasteiger charge is -2.33. The summed E-state index contributed by atoms with van der Waals surface area (Å²) in [6.45, 7) is 9.03. The summed E-state index contributed by atoms with van der Waals surface area (Å²) < 4.78 is 45.0. The lowest BCUT2D eigenvalue weighted by atomic mass is 10.2. The van der Waals surface area contributed by atoms with Crippen LogP contribution in [0.4, 0.5) is 0 Å². The second-order valence-electron chi connectivity index (χ2n) is 10.3. The number of aryl methyl sites for hydroxylation is 2. The predicted octanol–water partition coefficient (Wildman–Crippen LogP) is 1.22. The molecule has 1 aliphatic rings. The van der Waals surface area contributed by atoms with Crippen LogP contribution < -0.4 is 10.3 Å². The van der Waals surface area contributed by atoms with Crippen molar-refractivity contribution < 1.29 is 17.9 Å². The van der Waals surface area contributed by atoms with Crippen LogP contribution in [-0.2, 0) is 35.3 Å². The van der Waals surface area contributed by atoms with E-state index in [9.17, 15) is 13.2 Å². The third-order valence-corrected chi connectivity index (χ3v) is 9.38. The maximum atomic E-state index is 13.7. The van der Waals surface area contributed by atoms with E-state index < -0.39 is 21.7 Å². The SMILES string of the molecule is CCc1c2nc(-c3cc(S(=O)(=O)N4CCN(CC)CC4)cnc3O[C@H](C)COC)n(C)c(=O)c2nn1-c1nccn1C. The molecule has 14 nitrogen and oxygen atoms in total. The number of sulfonamides is 1. The predicted molar refractivity (Wildman–Crippen MR) is 156 cm³/mol. The Morgan fingerprint density at radius 3 is 2.43 bits per heavy atom. The number of pyridine rings is 1. The van der Waals surface area contributed by atoms with Crippen LogP contribution in [0.2, 0.25) is 0 Å². The highest BCUT2D eigenvalue weighted by Gasteiger charge is 2.31. The molecule has 15 heteroatoms. The number of fused-ring (bicyclic) bond motifs is 1. The highest BCUT2D eigenvalue weighted by atomic mass is 32.2. The molecule has 226 valence electrons. The van der Waals surface area contributed by atoms with E-state index in [1.807, 2.05) is 20.9 Å². The Kier molecular flexibility index (Phi) is 8.46. The molecule has 1 atom stereocenters. The maximum Gasteiger partial charge on any atom is 0.281 e. The monoisotopic (exact) mass is 599 g/mol. The average molecular weight is 600 g/mol. The van der Waals surface area contributed by atoms with Gasteiger partial charge in [-0.1, -0.05) is 13.8 Å². The van der Waals surface area contributed by atoms with E-state index in [2.05, 4.69) is 26.9 Å². The largest absolute Gasteiger partial charge is 0.472 e. The van der Waals surface area contributed by atoms with Gasteiger partial charge in [-0.2, -0.15) is 9.40 Å². The van der Waals surface area contributed by atoms with Gasteiger partial charge < -0.3 is 18.9 Å². The first-order valence-corrected chi connectivity index (χ1v) is 15.4. The van der Waals surface area contributed by atoms with Gasteiger partial charge in [-0.05, 0) is 26.0 Å². The fourth-order valence-corrected chi connectivity index (χ4v) is 6.55. The first-order chi connectivity index (χ1) is 20.1. The fraction of sp³-hybridized carbons (Fsp3) is 0.519. The molecule has 0 saturated carbocycles. The van der Waals surface area contributed by atoms with Crippen molar-refractivity contribution in [3.8, 4) is 23.2 Å². The number of aromatic nitrogens is 7. The van der Waals surface area contributed by atoms with E-state index in [4.69, 9.17) is 14.5 Å². The number of piperazine rings is 1. The van der Waals surface area contributed by atoms with Gasteiger partial charge in [-0.15, -0.1) is 0 Å². The smallest absolute Gasteiger partial charge is 0.281 e. The Labute approximate surface area is 244 Å². The van der Waals surface area contributed by atoms with E-state index in [-0.39, 0.29) is 34.3 Å². The van der Waals surface area contributed by atoms with E-state index >= 15 is 0 Å². The molecule has 0 aliphatic carbocycles. The number of imidazole rings is 1. The second-order valence-corrected chi connectivity index (χ2v) is 12.2. The Balaban J connectivity index is 1.68. The van der Waals surface area contributed by atoms with Gasteiger partial charge in [0.25, 0.3) is 5.56 Å². The molecule has 4 aromatic rings. The molecule has 5 heterocycles. The summed E-state index contributed by atoms with van der Waals surface area (Å²) in [5.41, 5.74) is 1.16. The summed E-state index contributed by atoms with van der Waals surface area (Å²) >= 11 is 0. The quantitative estimate of drug-likeness (QED) is 0.261. The van der Waals surface area contributed by atoms with Gasteiger partial charge in [0.15, 0.2) is 5.52 Å². The van der Waals surface area contributed by atoms with Crippen molar-refractivity contribution in [2.75, 3.05) is 46.4 Å². The van der Waals surface area contributed by atoms with Gasteiger partial charge in [0, 0.05) is 59.8 Å². The first-order valence-electron chi connectivity index (χ1n) is 13.9. The van der Waals surface area contributed by atoms with Crippen LogP contribution >= 0.6 is 0 Å². The number of nitrogens with zero attached hydrogens (tertiary/aromatic N) is 9.